The molecule has 1 aliphatic carbocycles. The largest absolute Gasteiger partial charge is 0.384 e. The van der Waals surface area contributed by atoms with Crippen LogP contribution >= 0.6 is 0 Å². The van der Waals surface area contributed by atoms with Gasteiger partial charge in [0.15, 0.2) is 11.5 Å². The minimum absolute atomic E-state index is 0.220. The van der Waals surface area contributed by atoms with E-state index in [-0.39, 0.29) is 12.1 Å². The van der Waals surface area contributed by atoms with Gasteiger partial charge in [-0.25, -0.2) is 19.3 Å². The van der Waals surface area contributed by atoms with Crippen molar-refractivity contribution < 1.29 is 5.11 Å². The SMILES string of the molecule is C=CCn1c(=O)c2cnc(Nc3ccc(N4CCN(C)CC4)c(C)c3)nc2n1-c1ccc2c(n1)[C@](O)(CC)CC2. The van der Waals surface area contributed by atoms with Crippen molar-refractivity contribution in [1.29, 1.82) is 0 Å². The summed E-state index contributed by atoms with van der Waals surface area (Å²) in [6.45, 7) is 12.3. The third-order valence-corrected chi connectivity index (χ3v) is 8.29. The second-order valence-electron chi connectivity index (χ2n) is 10.9. The second-order valence-corrected chi connectivity index (χ2v) is 10.9. The molecule has 1 atom stereocenters. The molecule has 40 heavy (non-hydrogen) atoms. The van der Waals surface area contributed by atoms with E-state index < -0.39 is 5.60 Å². The lowest BCUT2D eigenvalue weighted by atomic mass is 9.98. The van der Waals surface area contributed by atoms with Gasteiger partial charge < -0.3 is 20.2 Å². The van der Waals surface area contributed by atoms with Gasteiger partial charge in [0.05, 0.1) is 12.2 Å². The van der Waals surface area contributed by atoms with Gasteiger partial charge in [0, 0.05) is 43.8 Å². The Morgan fingerprint density at radius 3 is 2.67 bits per heavy atom. The fraction of sp³-hybridized carbons (Fsp3) is 0.400. The number of benzene rings is 1. The number of hydrogen-bond acceptors (Lipinski definition) is 8. The first-order valence-corrected chi connectivity index (χ1v) is 13.9. The van der Waals surface area contributed by atoms with Crippen LogP contribution in [-0.4, -0.2) is 67.5 Å². The molecule has 6 rings (SSSR count). The Labute approximate surface area is 233 Å². The first kappa shape index (κ1) is 26.2. The quantitative estimate of drug-likeness (QED) is 0.343. The summed E-state index contributed by atoms with van der Waals surface area (Å²) in [5.74, 6) is 0.911. The van der Waals surface area contributed by atoms with Crippen molar-refractivity contribution in [2.75, 3.05) is 43.4 Å². The number of likely N-dealkylation sites (N-methyl/N-ethyl adjacent to an activating group) is 1. The van der Waals surface area contributed by atoms with E-state index in [1.165, 1.54) is 11.3 Å². The Morgan fingerprint density at radius 1 is 1.15 bits per heavy atom. The Hall–Kier alpha value is -4.02. The number of aromatic nitrogens is 5. The first-order chi connectivity index (χ1) is 19.3. The number of aryl methyl sites for hydroxylation is 2. The van der Waals surface area contributed by atoms with E-state index in [4.69, 9.17) is 9.97 Å². The molecule has 0 radical (unpaired) electrons. The number of piperazine rings is 1. The van der Waals surface area contributed by atoms with Crippen LogP contribution in [0.2, 0.25) is 0 Å². The van der Waals surface area contributed by atoms with Crippen molar-refractivity contribution in [2.45, 2.75) is 45.3 Å². The summed E-state index contributed by atoms with van der Waals surface area (Å²) in [6, 6.07) is 10.2. The van der Waals surface area contributed by atoms with Gasteiger partial charge in [-0.15, -0.1) is 6.58 Å². The number of fused-ring (bicyclic) bond motifs is 2. The van der Waals surface area contributed by atoms with Crippen LogP contribution < -0.4 is 15.8 Å². The Balaban J connectivity index is 1.38. The number of nitrogens with zero attached hydrogens (tertiary/aromatic N) is 7. The molecule has 4 aromatic rings. The smallest absolute Gasteiger partial charge is 0.278 e. The Morgan fingerprint density at radius 2 is 1.95 bits per heavy atom. The molecule has 2 aliphatic rings. The molecule has 0 spiro atoms. The summed E-state index contributed by atoms with van der Waals surface area (Å²) >= 11 is 0. The standard InChI is InChI=1S/C30H36N8O2/c1-5-13-37-28(39)23-19-31-29(32-22-8-9-24(20(3)18-22)36-16-14-35(4)15-17-36)34-27(23)38(37)25-10-7-21-11-12-30(40,6-2)26(21)33-25/h5,7-10,18-19,40H,1,6,11-17H2,2-4H3,(H,31,32,34)/t30-/m0/s1. The number of hydrogen-bond donors (Lipinski definition) is 2. The molecule has 0 unspecified atom stereocenters. The summed E-state index contributed by atoms with van der Waals surface area (Å²) in [7, 11) is 2.16. The monoisotopic (exact) mass is 540 g/mol. The third-order valence-electron chi connectivity index (χ3n) is 8.29. The molecule has 10 nitrogen and oxygen atoms in total. The predicted molar refractivity (Wildman–Crippen MR) is 158 cm³/mol. The zero-order chi connectivity index (χ0) is 28.0. The number of nitrogens with one attached hydrogen (secondary N) is 1. The minimum atomic E-state index is -0.965. The molecule has 1 saturated heterocycles. The summed E-state index contributed by atoms with van der Waals surface area (Å²) in [5.41, 5.74) is 4.26. The van der Waals surface area contributed by atoms with Crippen LogP contribution in [0.5, 0.6) is 0 Å². The number of allylic oxidation sites excluding steroid dienone is 1. The van der Waals surface area contributed by atoms with Crippen molar-refractivity contribution in [1.82, 2.24) is 29.2 Å². The van der Waals surface area contributed by atoms with E-state index in [1.807, 2.05) is 25.1 Å². The van der Waals surface area contributed by atoms with Crippen LogP contribution in [0.25, 0.3) is 16.9 Å². The summed E-state index contributed by atoms with van der Waals surface area (Å²) in [5, 5.41) is 14.9. The molecule has 0 saturated carbocycles. The van der Waals surface area contributed by atoms with E-state index in [1.54, 1.807) is 21.6 Å². The molecule has 10 heteroatoms. The Bertz CT molecular complexity index is 1650. The van der Waals surface area contributed by atoms with Crippen molar-refractivity contribution in [3.8, 4) is 5.82 Å². The van der Waals surface area contributed by atoms with Crippen molar-refractivity contribution in [2.24, 2.45) is 0 Å². The lowest BCUT2D eigenvalue weighted by Gasteiger charge is -2.35. The highest BCUT2D eigenvalue weighted by Gasteiger charge is 2.37. The zero-order valence-corrected chi connectivity index (χ0v) is 23.4. The topological polar surface area (TPSA) is 104 Å². The maximum Gasteiger partial charge on any atom is 0.278 e. The van der Waals surface area contributed by atoms with E-state index >= 15 is 0 Å². The number of rotatable bonds is 7. The van der Waals surface area contributed by atoms with Gasteiger partial charge in [-0.1, -0.05) is 19.1 Å². The van der Waals surface area contributed by atoms with Gasteiger partial charge >= 0.3 is 0 Å². The zero-order valence-electron chi connectivity index (χ0n) is 23.4. The van der Waals surface area contributed by atoms with E-state index in [2.05, 4.69) is 52.8 Å². The summed E-state index contributed by atoms with van der Waals surface area (Å²) in [4.78, 5) is 32.2. The van der Waals surface area contributed by atoms with Crippen LogP contribution in [0.15, 0.2) is 54.0 Å². The average molecular weight is 541 g/mol. The van der Waals surface area contributed by atoms with Crippen molar-refractivity contribution >= 4 is 28.4 Å². The summed E-state index contributed by atoms with van der Waals surface area (Å²) < 4.78 is 3.27. The predicted octanol–water partition coefficient (Wildman–Crippen LogP) is 3.51. The highest BCUT2D eigenvalue weighted by atomic mass is 16.3. The minimum Gasteiger partial charge on any atom is -0.384 e. The third kappa shape index (κ3) is 4.47. The molecule has 208 valence electrons. The average Bonchev–Trinajstić information content (AvgIpc) is 3.43. The lowest BCUT2D eigenvalue weighted by Crippen LogP contribution is -2.44. The highest BCUT2D eigenvalue weighted by molar-refractivity contribution is 5.77. The highest BCUT2D eigenvalue weighted by Crippen LogP contribution is 2.38. The van der Waals surface area contributed by atoms with Crippen LogP contribution in [0.4, 0.5) is 17.3 Å². The maximum atomic E-state index is 13.4. The second kappa shape index (κ2) is 10.2. The van der Waals surface area contributed by atoms with Crippen molar-refractivity contribution in [3.05, 3.63) is 76.4 Å². The molecule has 1 aromatic carbocycles. The molecular formula is C30H36N8O2. The molecule has 1 aliphatic heterocycles. The first-order valence-electron chi connectivity index (χ1n) is 13.9. The van der Waals surface area contributed by atoms with Gasteiger partial charge in [0.1, 0.15) is 11.0 Å². The van der Waals surface area contributed by atoms with Gasteiger partial charge in [-0.2, -0.15) is 4.98 Å². The fourth-order valence-corrected chi connectivity index (χ4v) is 5.88. The van der Waals surface area contributed by atoms with Crippen LogP contribution in [0.3, 0.4) is 0 Å². The fourth-order valence-electron chi connectivity index (χ4n) is 5.88. The number of anilines is 3. The van der Waals surface area contributed by atoms with Crippen molar-refractivity contribution in [3.63, 3.8) is 0 Å². The van der Waals surface area contributed by atoms with Crippen LogP contribution in [0, 0.1) is 6.92 Å². The van der Waals surface area contributed by atoms with Crippen LogP contribution in [-0.2, 0) is 18.6 Å². The molecule has 4 heterocycles. The molecule has 2 N–H and O–H groups in total. The summed E-state index contributed by atoms with van der Waals surface area (Å²) in [6.07, 6.45) is 5.23. The maximum absolute atomic E-state index is 13.4. The van der Waals surface area contributed by atoms with E-state index in [0.717, 1.165) is 43.9 Å². The van der Waals surface area contributed by atoms with E-state index in [0.29, 0.717) is 41.3 Å². The van der Waals surface area contributed by atoms with E-state index in [9.17, 15) is 9.90 Å². The normalized spacial score (nSPS) is 19.2. The van der Waals surface area contributed by atoms with Gasteiger partial charge in [0.2, 0.25) is 5.95 Å². The molecule has 0 amide bonds. The van der Waals surface area contributed by atoms with Crippen LogP contribution in [0.1, 0.15) is 36.6 Å². The number of aliphatic hydroxyl groups is 1. The number of pyridine rings is 1. The van der Waals surface area contributed by atoms with Gasteiger partial charge in [0.25, 0.3) is 5.56 Å². The molecule has 0 bridgehead atoms. The Kier molecular flexibility index (Phi) is 6.67. The van der Waals surface area contributed by atoms with Gasteiger partial charge in [-0.3, -0.25) is 4.79 Å². The van der Waals surface area contributed by atoms with Gasteiger partial charge in [-0.05, 0) is 68.6 Å². The molecule has 1 fully saturated rings. The lowest BCUT2D eigenvalue weighted by molar-refractivity contribution is 0.0306. The molecular weight excluding hydrogens is 504 g/mol. The molecule has 3 aromatic heterocycles.